The zero-order valence-electron chi connectivity index (χ0n) is 12.9. The second-order valence-electron chi connectivity index (χ2n) is 4.83. The first-order valence-corrected chi connectivity index (χ1v) is 8.16. The monoisotopic (exact) mass is 397 g/mol. The first-order chi connectivity index (χ1) is 11.0. The number of benzene rings is 2. The molecule has 0 bridgehead atoms. The van der Waals surface area contributed by atoms with Gasteiger partial charge in [-0.3, -0.25) is 4.79 Å². The lowest BCUT2D eigenvalue weighted by atomic mass is 10.1. The van der Waals surface area contributed by atoms with Crippen LogP contribution in [0.2, 0.25) is 5.02 Å². The van der Waals surface area contributed by atoms with Crippen LogP contribution in [0.4, 0.5) is 0 Å². The van der Waals surface area contributed by atoms with Crippen LogP contribution in [0.1, 0.15) is 15.9 Å². The molecule has 2 rings (SSSR count). The second-order valence-corrected chi connectivity index (χ2v) is 6.06. The highest BCUT2D eigenvalue weighted by Crippen LogP contribution is 2.35. The average Bonchev–Trinajstić information content (AvgIpc) is 2.56. The molecule has 1 amide bonds. The van der Waals surface area contributed by atoms with E-state index in [9.17, 15) is 4.79 Å². The summed E-state index contributed by atoms with van der Waals surface area (Å²) in [4.78, 5) is 12.3. The highest BCUT2D eigenvalue weighted by atomic mass is 79.9. The van der Waals surface area contributed by atoms with Gasteiger partial charge in [0, 0.05) is 17.1 Å². The molecule has 0 spiro atoms. The molecule has 1 N–H and O–H groups in total. The van der Waals surface area contributed by atoms with Crippen molar-refractivity contribution in [3.8, 4) is 11.5 Å². The third-order valence-electron chi connectivity index (χ3n) is 3.32. The number of hydrogen-bond acceptors (Lipinski definition) is 3. The summed E-state index contributed by atoms with van der Waals surface area (Å²) in [7, 11) is 3.09. The van der Waals surface area contributed by atoms with E-state index in [0.717, 1.165) is 12.0 Å². The van der Waals surface area contributed by atoms with E-state index in [1.807, 2.05) is 24.3 Å². The molecule has 6 heteroatoms. The Labute approximate surface area is 148 Å². The maximum atomic E-state index is 12.3. The quantitative estimate of drug-likeness (QED) is 0.797. The van der Waals surface area contributed by atoms with Crippen molar-refractivity contribution in [3.63, 3.8) is 0 Å². The first-order valence-electron chi connectivity index (χ1n) is 6.99. The third-order valence-corrected chi connectivity index (χ3v) is 4.35. The smallest absolute Gasteiger partial charge is 0.251 e. The molecule has 0 aliphatic carbocycles. The molecule has 0 aliphatic rings. The lowest BCUT2D eigenvalue weighted by molar-refractivity contribution is 0.0953. The maximum absolute atomic E-state index is 12.3. The van der Waals surface area contributed by atoms with Crippen molar-refractivity contribution in [2.24, 2.45) is 0 Å². The van der Waals surface area contributed by atoms with E-state index in [1.165, 1.54) is 0 Å². The van der Waals surface area contributed by atoms with E-state index in [0.29, 0.717) is 33.1 Å². The largest absolute Gasteiger partial charge is 0.495 e. The molecule has 122 valence electrons. The Morgan fingerprint density at radius 2 is 1.70 bits per heavy atom. The molecule has 0 aliphatic heterocycles. The van der Waals surface area contributed by atoms with E-state index in [2.05, 4.69) is 21.2 Å². The van der Waals surface area contributed by atoms with E-state index < -0.39 is 0 Å². The Hall–Kier alpha value is -1.72. The van der Waals surface area contributed by atoms with Crippen molar-refractivity contribution in [2.75, 3.05) is 20.8 Å². The second kappa shape index (κ2) is 8.22. The fourth-order valence-electron chi connectivity index (χ4n) is 2.07. The number of carbonyl (C=O) groups excluding carboxylic acids is 1. The van der Waals surface area contributed by atoms with E-state index in [4.69, 9.17) is 21.1 Å². The molecule has 0 radical (unpaired) electrons. The van der Waals surface area contributed by atoms with E-state index in [1.54, 1.807) is 26.4 Å². The van der Waals surface area contributed by atoms with E-state index in [-0.39, 0.29) is 5.91 Å². The highest BCUT2D eigenvalue weighted by Gasteiger charge is 2.14. The first kappa shape index (κ1) is 17.6. The van der Waals surface area contributed by atoms with Crippen LogP contribution >= 0.6 is 27.5 Å². The van der Waals surface area contributed by atoms with Crippen LogP contribution in [0.25, 0.3) is 0 Å². The summed E-state index contributed by atoms with van der Waals surface area (Å²) >= 11 is 9.23. The van der Waals surface area contributed by atoms with Crippen molar-refractivity contribution in [3.05, 3.63) is 57.0 Å². The Bertz CT molecular complexity index is 664. The molecule has 0 fully saturated rings. The maximum Gasteiger partial charge on any atom is 0.251 e. The number of amides is 1. The summed E-state index contributed by atoms with van der Waals surface area (Å²) in [5, 5.41) is 3.59. The van der Waals surface area contributed by atoms with Crippen molar-refractivity contribution >= 4 is 33.4 Å². The molecular formula is C17H17BrClNO3. The van der Waals surface area contributed by atoms with Gasteiger partial charge in [0.15, 0.2) is 0 Å². The van der Waals surface area contributed by atoms with Crippen LogP contribution in [0.15, 0.2) is 40.9 Å². The summed E-state index contributed by atoms with van der Waals surface area (Å²) in [6.45, 7) is 0.529. The fourth-order valence-corrected chi connectivity index (χ4v) is 2.75. The molecule has 0 saturated heterocycles. The highest BCUT2D eigenvalue weighted by molar-refractivity contribution is 9.10. The number of nitrogens with one attached hydrogen (secondary N) is 1. The Morgan fingerprint density at radius 3 is 2.22 bits per heavy atom. The number of ether oxygens (including phenoxy) is 2. The molecule has 0 aromatic heterocycles. The van der Waals surface area contributed by atoms with Gasteiger partial charge < -0.3 is 14.8 Å². The molecule has 0 saturated carbocycles. The van der Waals surface area contributed by atoms with Crippen LogP contribution in [0.3, 0.4) is 0 Å². The SMILES string of the molecule is COc1cc(C(=O)NCCc2ccc(Cl)cc2)cc(OC)c1Br. The minimum Gasteiger partial charge on any atom is -0.495 e. The normalized spacial score (nSPS) is 10.3. The predicted octanol–water partition coefficient (Wildman–Crippen LogP) is 4.09. The molecule has 23 heavy (non-hydrogen) atoms. The van der Waals surface area contributed by atoms with Gasteiger partial charge in [-0.1, -0.05) is 23.7 Å². The minimum atomic E-state index is -0.178. The standard InChI is InChI=1S/C17H17BrClNO3/c1-22-14-9-12(10-15(23-2)16(14)18)17(21)20-8-7-11-3-5-13(19)6-4-11/h3-6,9-10H,7-8H2,1-2H3,(H,20,21). The molecular weight excluding hydrogens is 382 g/mol. The molecule has 0 heterocycles. The number of hydrogen-bond donors (Lipinski definition) is 1. The fraction of sp³-hybridized carbons (Fsp3) is 0.235. The van der Waals surface area contributed by atoms with Crippen LogP contribution in [-0.2, 0) is 6.42 Å². The lowest BCUT2D eigenvalue weighted by Gasteiger charge is -2.12. The van der Waals surface area contributed by atoms with Gasteiger partial charge in [-0.05, 0) is 52.2 Å². The van der Waals surface area contributed by atoms with Gasteiger partial charge >= 0.3 is 0 Å². The van der Waals surface area contributed by atoms with Crippen molar-refractivity contribution in [1.29, 1.82) is 0 Å². The van der Waals surface area contributed by atoms with Crippen LogP contribution in [0, 0.1) is 0 Å². The van der Waals surface area contributed by atoms with Gasteiger partial charge in [-0.15, -0.1) is 0 Å². The summed E-state index contributed by atoms with van der Waals surface area (Å²) in [5.74, 6) is 0.919. The number of halogens is 2. The predicted molar refractivity (Wildman–Crippen MR) is 94.7 cm³/mol. The molecule has 4 nitrogen and oxygen atoms in total. The van der Waals surface area contributed by atoms with Crippen molar-refractivity contribution in [1.82, 2.24) is 5.32 Å². The zero-order valence-corrected chi connectivity index (χ0v) is 15.2. The topological polar surface area (TPSA) is 47.6 Å². The van der Waals surface area contributed by atoms with Crippen LogP contribution in [-0.4, -0.2) is 26.7 Å². The Balaban J connectivity index is 2.01. The Kier molecular flexibility index (Phi) is 6.30. The van der Waals surface area contributed by atoms with Gasteiger partial charge in [0.2, 0.25) is 0 Å². The third kappa shape index (κ3) is 4.62. The van der Waals surface area contributed by atoms with Crippen molar-refractivity contribution < 1.29 is 14.3 Å². The lowest BCUT2D eigenvalue weighted by Crippen LogP contribution is -2.25. The summed E-state index contributed by atoms with van der Waals surface area (Å²) in [6.07, 6.45) is 0.730. The average molecular weight is 399 g/mol. The molecule has 2 aromatic carbocycles. The zero-order chi connectivity index (χ0) is 16.8. The van der Waals surface area contributed by atoms with Gasteiger partial charge in [-0.25, -0.2) is 0 Å². The number of carbonyl (C=O) groups is 1. The van der Waals surface area contributed by atoms with Gasteiger partial charge in [0.25, 0.3) is 5.91 Å². The van der Waals surface area contributed by atoms with Gasteiger partial charge in [0.1, 0.15) is 16.0 Å². The van der Waals surface area contributed by atoms with Gasteiger partial charge in [-0.2, -0.15) is 0 Å². The molecule has 2 aromatic rings. The summed E-state index contributed by atoms with van der Waals surface area (Å²) < 4.78 is 11.2. The Morgan fingerprint density at radius 1 is 1.13 bits per heavy atom. The molecule has 0 atom stereocenters. The summed E-state index contributed by atoms with van der Waals surface area (Å²) in [5.41, 5.74) is 1.60. The van der Waals surface area contributed by atoms with Gasteiger partial charge in [0.05, 0.1) is 14.2 Å². The van der Waals surface area contributed by atoms with Crippen LogP contribution < -0.4 is 14.8 Å². The number of methoxy groups -OCH3 is 2. The summed E-state index contributed by atoms with van der Waals surface area (Å²) in [6, 6.07) is 10.9. The molecule has 0 unspecified atom stereocenters. The van der Waals surface area contributed by atoms with E-state index >= 15 is 0 Å². The van der Waals surface area contributed by atoms with Crippen molar-refractivity contribution in [2.45, 2.75) is 6.42 Å². The van der Waals surface area contributed by atoms with Crippen LogP contribution in [0.5, 0.6) is 11.5 Å². The number of rotatable bonds is 6. The minimum absolute atomic E-state index is 0.178.